The van der Waals surface area contributed by atoms with Crippen LogP contribution >= 0.6 is 11.6 Å². The summed E-state index contributed by atoms with van der Waals surface area (Å²) < 4.78 is 5.85. The zero-order valence-corrected chi connectivity index (χ0v) is 17.2. The van der Waals surface area contributed by atoms with E-state index in [2.05, 4.69) is 6.07 Å². The monoisotopic (exact) mass is 423 g/mol. The first-order chi connectivity index (χ1) is 14.3. The van der Waals surface area contributed by atoms with Crippen molar-refractivity contribution in [3.05, 3.63) is 88.4 Å². The molecular weight excluding hydrogens is 402 g/mol. The Hall–Kier alpha value is -3.31. The van der Waals surface area contributed by atoms with E-state index in [0.717, 1.165) is 22.3 Å². The Morgan fingerprint density at radius 3 is 2.43 bits per heavy atom. The molecule has 0 fully saturated rings. The summed E-state index contributed by atoms with van der Waals surface area (Å²) in [6.45, 7) is 2.39. The summed E-state index contributed by atoms with van der Waals surface area (Å²) in [5.41, 5.74) is 10.2. The molecule has 0 spiro atoms. The van der Waals surface area contributed by atoms with Gasteiger partial charge in [-0.1, -0.05) is 48.0 Å². The number of carbonyl (C=O) groups is 2. The molecule has 6 heteroatoms. The summed E-state index contributed by atoms with van der Waals surface area (Å²) in [5.74, 6) is -1.99. The van der Waals surface area contributed by atoms with Gasteiger partial charge in [0, 0.05) is 5.02 Å². The quantitative estimate of drug-likeness (QED) is 0.537. The summed E-state index contributed by atoms with van der Waals surface area (Å²) in [6.07, 6.45) is -0.341. The van der Waals surface area contributed by atoms with Crippen molar-refractivity contribution in [3.63, 3.8) is 0 Å². The van der Waals surface area contributed by atoms with Crippen LogP contribution in [0, 0.1) is 6.92 Å². The van der Waals surface area contributed by atoms with Crippen LogP contribution in [0.4, 0.5) is 0 Å². The minimum absolute atomic E-state index is 0.341. The molecule has 3 aromatic carbocycles. The zero-order chi connectivity index (χ0) is 21.7. The minimum Gasteiger partial charge on any atom is -0.489 e. The zero-order valence-electron chi connectivity index (χ0n) is 16.5. The van der Waals surface area contributed by atoms with E-state index < -0.39 is 17.8 Å². The number of amides is 1. The molecule has 0 bridgehead atoms. The van der Waals surface area contributed by atoms with Gasteiger partial charge in [-0.2, -0.15) is 0 Å². The van der Waals surface area contributed by atoms with Crippen molar-refractivity contribution in [1.82, 2.24) is 0 Å². The number of aryl methyl sites for hydroxylation is 1. The van der Waals surface area contributed by atoms with Crippen LogP contribution < -0.4 is 10.5 Å². The van der Waals surface area contributed by atoms with Crippen molar-refractivity contribution < 1.29 is 19.4 Å². The van der Waals surface area contributed by atoms with Gasteiger partial charge in [0.2, 0.25) is 5.91 Å². The molecule has 3 rings (SSSR count). The fraction of sp³-hybridized carbons (Fsp3) is 0.167. The first-order valence-electron chi connectivity index (χ1n) is 9.43. The van der Waals surface area contributed by atoms with E-state index in [1.165, 1.54) is 0 Å². The summed E-state index contributed by atoms with van der Waals surface area (Å²) in [6, 6.07) is 20.6. The van der Waals surface area contributed by atoms with Gasteiger partial charge in [0.1, 0.15) is 12.4 Å². The van der Waals surface area contributed by atoms with Gasteiger partial charge in [0.05, 0.1) is 12.3 Å². The number of halogens is 1. The molecule has 154 valence electrons. The van der Waals surface area contributed by atoms with Crippen LogP contribution in [0.3, 0.4) is 0 Å². The number of hydrogen-bond acceptors (Lipinski definition) is 3. The Labute approximate surface area is 180 Å². The average Bonchev–Trinajstić information content (AvgIpc) is 2.71. The SMILES string of the molecule is Cc1cc(Cl)ccc1-c1cccc(COc2ccc([C@@H](CC(=O)O)C(N)=O)cc2)c1. The maximum atomic E-state index is 11.5. The lowest BCUT2D eigenvalue weighted by Gasteiger charge is -2.13. The van der Waals surface area contributed by atoms with Crippen LogP contribution in [0.2, 0.25) is 5.02 Å². The number of carboxylic acids is 1. The minimum atomic E-state index is -1.07. The third kappa shape index (κ3) is 5.39. The fourth-order valence-corrected chi connectivity index (χ4v) is 3.53. The third-order valence-electron chi connectivity index (χ3n) is 4.84. The second kappa shape index (κ2) is 9.46. The van der Waals surface area contributed by atoms with Crippen molar-refractivity contribution in [2.45, 2.75) is 25.9 Å². The van der Waals surface area contributed by atoms with Crippen molar-refractivity contribution in [3.8, 4) is 16.9 Å². The fourth-order valence-electron chi connectivity index (χ4n) is 3.30. The summed E-state index contributed by atoms with van der Waals surface area (Å²) in [4.78, 5) is 22.5. The highest BCUT2D eigenvalue weighted by Gasteiger charge is 2.21. The van der Waals surface area contributed by atoms with Crippen LogP contribution in [0.25, 0.3) is 11.1 Å². The van der Waals surface area contributed by atoms with Gasteiger partial charge in [-0.15, -0.1) is 0 Å². The smallest absolute Gasteiger partial charge is 0.304 e. The van der Waals surface area contributed by atoms with Crippen molar-refractivity contribution in [2.24, 2.45) is 5.73 Å². The van der Waals surface area contributed by atoms with Crippen LogP contribution in [-0.4, -0.2) is 17.0 Å². The number of ether oxygens (including phenoxy) is 1. The molecule has 1 amide bonds. The average molecular weight is 424 g/mol. The van der Waals surface area contributed by atoms with Crippen LogP contribution in [0.15, 0.2) is 66.7 Å². The Bertz CT molecular complexity index is 1060. The van der Waals surface area contributed by atoms with Crippen LogP contribution in [0.5, 0.6) is 5.75 Å². The van der Waals surface area contributed by atoms with E-state index in [4.69, 9.17) is 27.2 Å². The molecule has 0 unspecified atom stereocenters. The van der Waals surface area contributed by atoms with E-state index in [1.54, 1.807) is 24.3 Å². The number of hydrogen-bond donors (Lipinski definition) is 2. The standard InChI is InChI=1S/C24H22ClNO4/c1-15-11-19(25)7-10-21(15)18-4-2-3-16(12-18)14-30-20-8-5-17(6-9-20)22(24(26)29)13-23(27)28/h2-12,22H,13-14H2,1H3,(H2,26,29)(H,27,28)/t22-/m1/s1. The van der Waals surface area contributed by atoms with E-state index in [-0.39, 0.29) is 6.42 Å². The van der Waals surface area contributed by atoms with Gasteiger partial charge in [-0.05, 0) is 65.1 Å². The summed E-state index contributed by atoms with van der Waals surface area (Å²) in [7, 11) is 0. The predicted octanol–water partition coefficient (Wildman–Crippen LogP) is 4.94. The third-order valence-corrected chi connectivity index (χ3v) is 5.07. The maximum Gasteiger partial charge on any atom is 0.304 e. The van der Waals surface area contributed by atoms with Crippen molar-refractivity contribution >= 4 is 23.5 Å². The topological polar surface area (TPSA) is 89.6 Å². The van der Waals surface area contributed by atoms with Gasteiger partial charge in [0.25, 0.3) is 0 Å². The lowest BCUT2D eigenvalue weighted by atomic mass is 9.95. The molecule has 30 heavy (non-hydrogen) atoms. The molecule has 1 atom stereocenters. The summed E-state index contributed by atoms with van der Waals surface area (Å²) in [5, 5.41) is 9.66. The molecule has 0 saturated carbocycles. The molecule has 0 aliphatic rings. The first kappa shape index (κ1) is 21.4. The molecular formula is C24H22ClNO4. The number of carboxylic acid groups (broad SMARTS) is 1. The molecule has 5 nitrogen and oxygen atoms in total. The normalized spacial score (nSPS) is 11.7. The van der Waals surface area contributed by atoms with Gasteiger partial charge < -0.3 is 15.6 Å². The largest absolute Gasteiger partial charge is 0.489 e. The Kier molecular flexibility index (Phi) is 6.75. The number of carbonyl (C=O) groups excluding carboxylic acids is 1. The van der Waals surface area contributed by atoms with Gasteiger partial charge >= 0.3 is 5.97 Å². The van der Waals surface area contributed by atoms with Crippen molar-refractivity contribution in [2.75, 3.05) is 0 Å². The molecule has 0 heterocycles. The molecule has 3 N–H and O–H groups in total. The van der Waals surface area contributed by atoms with Gasteiger partial charge in [0.15, 0.2) is 0 Å². The first-order valence-corrected chi connectivity index (χ1v) is 9.80. The van der Waals surface area contributed by atoms with Crippen LogP contribution in [-0.2, 0) is 16.2 Å². The van der Waals surface area contributed by atoms with E-state index in [0.29, 0.717) is 22.9 Å². The lowest BCUT2D eigenvalue weighted by Crippen LogP contribution is -2.23. The Morgan fingerprint density at radius 1 is 1.07 bits per heavy atom. The number of primary amides is 1. The maximum absolute atomic E-state index is 11.5. The predicted molar refractivity (Wildman–Crippen MR) is 117 cm³/mol. The number of rotatable bonds is 8. The van der Waals surface area contributed by atoms with Crippen LogP contribution in [0.1, 0.15) is 29.0 Å². The number of aliphatic carboxylic acids is 1. The van der Waals surface area contributed by atoms with E-state index in [1.807, 2.05) is 43.3 Å². The van der Waals surface area contributed by atoms with Crippen molar-refractivity contribution in [1.29, 1.82) is 0 Å². The second-order valence-corrected chi connectivity index (χ2v) is 7.51. The Morgan fingerprint density at radius 2 is 1.80 bits per heavy atom. The molecule has 0 aliphatic heterocycles. The molecule has 0 aromatic heterocycles. The van der Waals surface area contributed by atoms with E-state index in [9.17, 15) is 9.59 Å². The number of nitrogens with two attached hydrogens (primary N) is 1. The Balaban J connectivity index is 1.70. The second-order valence-electron chi connectivity index (χ2n) is 7.07. The highest BCUT2D eigenvalue weighted by Crippen LogP contribution is 2.27. The molecule has 0 radical (unpaired) electrons. The van der Waals surface area contributed by atoms with Gasteiger partial charge in [-0.25, -0.2) is 0 Å². The summed E-state index contributed by atoms with van der Waals surface area (Å²) >= 11 is 6.05. The highest BCUT2D eigenvalue weighted by atomic mass is 35.5. The molecule has 0 aliphatic carbocycles. The van der Waals surface area contributed by atoms with Gasteiger partial charge in [-0.3, -0.25) is 9.59 Å². The lowest BCUT2D eigenvalue weighted by molar-refractivity contribution is -0.139. The molecule has 0 saturated heterocycles. The van der Waals surface area contributed by atoms with E-state index >= 15 is 0 Å². The molecule has 3 aromatic rings. The highest BCUT2D eigenvalue weighted by molar-refractivity contribution is 6.30. The number of benzene rings is 3.